The molecular formula is C7H7BrOS. The van der Waals surface area contributed by atoms with Crippen LogP contribution in [0.1, 0.15) is 5.56 Å². The average molecular weight is 219 g/mol. The summed E-state index contributed by atoms with van der Waals surface area (Å²) >= 11 is 7.42. The van der Waals surface area contributed by atoms with Crippen molar-refractivity contribution in [3.8, 4) is 5.75 Å². The van der Waals surface area contributed by atoms with Gasteiger partial charge in [0.25, 0.3) is 0 Å². The molecule has 1 nitrogen and oxygen atoms in total. The molecule has 0 aliphatic carbocycles. The van der Waals surface area contributed by atoms with Crippen LogP contribution >= 0.6 is 28.6 Å². The number of phenolic OH excluding ortho intramolecular Hbond substituents is 1. The third kappa shape index (κ3) is 1.67. The first-order valence-electron chi connectivity index (χ1n) is 2.82. The summed E-state index contributed by atoms with van der Waals surface area (Å²) in [5, 5.41) is 9.01. The minimum Gasteiger partial charge on any atom is -0.508 e. The Labute approximate surface area is 73.6 Å². The molecule has 3 heteroatoms. The molecule has 0 amide bonds. The number of hydrogen-bond acceptors (Lipinski definition) is 2. The maximum Gasteiger partial charge on any atom is 0.115 e. The van der Waals surface area contributed by atoms with Crippen LogP contribution in [0.4, 0.5) is 0 Å². The number of hydrogen-bond donors (Lipinski definition) is 2. The lowest BCUT2D eigenvalue weighted by Crippen LogP contribution is -1.78. The zero-order valence-electron chi connectivity index (χ0n) is 5.21. The minimum absolute atomic E-state index is 0.284. The lowest BCUT2D eigenvalue weighted by molar-refractivity contribution is 0.474. The van der Waals surface area contributed by atoms with Crippen molar-refractivity contribution in [2.24, 2.45) is 0 Å². The number of benzene rings is 1. The Balaban J connectivity index is 3.09. The Bertz CT molecular complexity index is 237. The van der Waals surface area contributed by atoms with Gasteiger partial charge in [-0.15, -0.1) is 0 Å². The van der Waals surface area contributed by atoms with Crippen LogP contribution < -0.4 is 0 Å². The summed E-state index contributed by atoms with van der Waals surface area (Å²) in [4.78, 5) is 0. The molecule has 0 saturated heterocycles. The topological polar surface area (TPSA) is 20.2 Å². The second-order valence-electron chi connectivity index (χ2n) is 1.93. The summed E-state index contributed by atoms with van der Waals surface area (Å²) in [6, 6.07) is 5.13. The highest BCUT2D eigenvalue weighted by molar-refractivity contribution is 9.10. The van der Waals surface area contributed by atoms with E-state index in [1.807, 2.05) is 0 Å². The molecule has 0 saturated carbocycles. The van der Waals surface area contributed by atoms with Crippen molar-refractivity contribution in [2.45, 2.75) is 5.75 Å². The Morgan fingerprint density at radius 1 is 1.50 bits per heavy atom. The van der Waals surface area contributed by atoms with Crippen LogP contribution in [0.2, 0.25) is 0 Å². The molecule has 54 valence electrons. The minimum atomic E-state index is 0.284. The number of thiol groups is 1. The van der Waals surface area contributed by atoms with Gasteiger partial charge in [-0.05, 0) is 23.8 Å². The van der Waals surface area contributed by atoms with Gasteiger partial charge in [-0.2, -0.15) is 12.6 Å². The summed E-state index contributed by atoms with van der Waals surface area (Å²) in [5.41, 5.74) is 1.00. The number of phenols is 1. The SMILES string of the molecule is Oc1ccc(Br)c(CS)c1. The normalized spacial score (nSPS) is 9.80. The van der Waals surface area contributed by atoms with E-state index in [4.69, 9.17) is 5.11 Å². The van der Waals surface area contributed by atoms with E-state index >= 15 is 0 Å². The standard InChI is InChI=1S/C7H7BrOS/c8-7-2-1-6(9)3-5(7)4-10/h1-3,9-10H,4H2. The molecule has 0 bridgehead atoms. The second kappa shape index (κ2) is 3.30. The Morgan fingerprint density at radius 3 is 2.70 bits per heavy atom. The molecule has 10 heavy (non-hydrogen) atoms. The van der Waals surface area contributed by atoms with Gasteiger partial charge in [0.15, 0.2) is 0 Å². The van der Waals surface area contributed by atoms with Gasteiger partial charge in [0.05, 0.1) is 0 Å². The molecule has 1 aromatic rings. The van der Waals surface area contributed by atoms with Gasteiger partial charge in [-0.1, -0.05) is 15.9 Å². The van der Waals surface area contributed by atoms with Crippen LogP contribution in [-0.2, 0) is 5.75 Å². The highest BCUT2D eigenvalue weighted by Crippen LogP contribution is 2.22. The van der Waals surface area contributed by atoms with E-state index in [0.717, 1.165) is 10.0 Å². The summed E-state index contributed by atoms with van der Waals surface area (Å²) < 4.78 is 0.986. The van der Waals surface area contributed by atoms with Crippen molar-refractivity contribution < 1.29 is 5.11 Å². The highest BCUT2D eigenvalue weighted by atomic mass is 79.9. The van der Waals surface area contributed by atoms with Crippen molar-refractivity contribution in [1.29, 1.82) is 0 Å². The Hall–Kier alpha value is -0.150. The average Bonchev–Trinajstić information content (AvgIpc) is 1.94. The van der Waals surface area contributed by atoms with Crippen LogP contribution in [0.5, 0.6) is 5.75 Å². The number of rotatable bonds is 1. The molecule has 0 aliphatic heterocycles. The van der Waals surface area contributed by atoms with Gasteiger partial charge in [-0.25, -0.2) is 0 Å². The molecule has 0 atom stereocenters. The van der Waals surface area contributed by atoms with Crippen LogP contribution in [-0.4, -0.2) is 5.11 Å². The van der Waals surface area contributed by atoms with E-state index < -0.39 is 0 Å². The first-order valence-corrected chi connectivity index (χ1v) is 4.25. The lowest BCUT2D eigenvalue weighted by Gasteiger charge is -1.99. The van der Waals surface area contributed by atoms with Crippen molar-refractivity contribution in [3.05, 3.63) is 28.2 Å². The third-order valence-electron chi connectivity index (χ3n) is 1.20. The van der Waals surface area contributed by atoms with Crippen LogP contribution in [0.25, 0.3) is 0 Å². The van der Waals surface area contributed by atoms with Crippen LogP contribution in [0.15, 0.2) is 22.7 Å². The quantitative estimate of drug-likeness (QED) is 0.695. The van der Waals surface area contributed by atoms with Gasteiger partial charge >= 0.3 is 0 Å². The fourth-order valence-electron chi connectivity index (χ4n) is 0.682. The molecule has 1 N–H and O–H groups in total. The summed E-state index contributed by atoms with van der Waals surface area (Å²) in [6.45, 7) is 0. The lowest BCUT2D eigenvalue weighted by atomic mass is 10.2. The maximum atomic E-state index is 9.01. The molecule has 0 unspecified atom stereocenters. The Morgan fingerprint density at radius 2 is 2.20 bits per heavy atom. The van der Waals surface area contributed by atoms with Gasteiger partial charge in [0.2, 0.25) is 0 Å². The van der Waals surface area contributed by atoms with E-state index in [0.29, 0.717) is 5.75 Å². The molecule has 0 radical (unpaired) electrons. The van der Waals surface area contributed by atoms with Gasteiger partial charge < -0.3 is 5.11 Å². The van der Waals surface area contributed by atoms with Gasteiger partial charge in [0.1, 0.15) is 5.75 Å². The molecule has 1 aromatic carbocycles. The molecule has 0 spiro atoms. The van der Waals surface area contributed by atoms with E-state index in [9.17, 15) is 0 Å². The third-order valence-corrected chi connectivity index (χ3v) is 2.31. The van der Waals surface area contributed by atoms with Gasteiger partial charge in [0, 0.05) is 10.2 Å². The molecule has 0 heterocycles. The van der Waals surface area contributed by atoms with Crippen molar-refractivity contribution in [3.63, 3.8) is 0 Å². The molecule has 0 aromatic heterocycles. The van der Waals surface area contributed by atoms with Crippen LogP contribution in [0.3, 0.4) is 0 Å². The summed E-state index contributed by atoms with van der Waals surface area (Å²) in [6.07, 6.45) is 0. The monoisotopic (exact) mass is 218 g/mol. The molecule has 0 fully saturated rings. The predicted molar refractivity (Wildman–Crippen MR) is 48.5 cm³/mol. The van der Waals surface area contributed by atoms with E-state index in [1.54, 1.807) is 18.2 Å². The van der Waals surface area contributed by atoms with Crippen molar-refractivity contribution >= 4 is 28.6 Å². The number of halogens is 1. The maximum absolute atomic E-state index is 9.01. The van der Waals surface area contributed by atoms with Crippen LogP contribution in [0, 0.1) is 0 Å². The zero-order valence-corrected chi connectivity index (χ0v) is 7.69. The fourth-order valence-corrected chi connectivity index (χ4v) is 1.55. The molecular weight excluding hydrogens is 212 g/mol. The first-order chi connectivity index (χ1) is 4.74. The van der Waals surface area contributed by atoms with Crippen molar-refractivity contribution in [2.75, 3.05) is 0 Å². The summed E-state index contributed by atoms with van der Waals surface area (Å²) in [7, 11) is 0. The van der Waals surface area contributed by atoms with E-state index in [2.05, 4.69) is 28.6 Å². The molecule has 1 rings (SSSR count). The Kier molecular flexibility index (Phi) is 2.63. The van der Waals surface area contributed by atoms with Crippen molar-refractivity contribution in [1.82, 2.24) is 0 Å². The van der Waals surface area contributed by atoms with E-state index in [1.165, 1.54) is 0 Å². The van der Waals surface area contributed by atoms with Gasteiger partial charge in [-0.3, -0.25) is 0 Å². The smallest absolute Gasteiger partial charge is 0.115 e. The largest absolute Gasteiger partial charge is 0.508 e. The summed E-state index contributed by atoms with van der Waals surface area (Å²) in [5.74, 6) is 0.918. The van der Waals surface area contributed by atoms with E-state index in [-0.39, 0.29) is 5.75 Å². The predicted octanol–water partition coefficient (Wildman–Crippen LogP) is 2.58. The molecule has 0 aliphatic rings. The highest BCUT2D eigenvalue weighted by Gasteiger charge is 1.97. The zero-order chi connectivity index (χ0) is 7.56. The first kappa shape index (κ1) is 7.95. The fraction of sp³-hybridized carbons (Fsp3) is 0.143. The number of aromatic hydroxyl groups is 1. The second-order valence-corrected chi connectivity index (χ2v) is 3.10.